The number of nitrogens with one attached hydrogen (secondary N) is 1. The average molecular weight is 381 g/mol. The maximum Gasteiger partial charge on any atom is 0.267 e. The summed E-state index contributed by atoms with van der Waals surface area (Å²) < 4.78 is 5.76. The molecule has 0 saturated carbocycles. The molecule has 2 aromatic heterocycles. The molecule has 0 aliphatic heterocycles. The number of benzene rings is 1. The van der Waals surface area contributed by atoms with Crippen LogP contribution in [0.25, 0.3) is 9.88 Å². The Kier molecular flexibility index (Phi) is 4.75. The highest BCUT2D eigenvalue weighted by Crippen LogP contribution is 2.35. The van der Waals surface area contributed by atoms with E-state index < -0.39 is 0 Å². The van der Waals surface area contributed by atoms with Crippen LogP contribution in [-0.4, -0.2) is 23.1 Å². The van der Waals surface area contributed by atoms with Gasteiger partial charge in [-0.1, -0.05) is 11.6 Å². The Labute approximate surface area is 151 Å². The first-order valence-corrected chi connectivity index (χ1v) is 8.90. The molecule has 0 aliphatic carbocycles. The fourth-order valence-corrected chi connectivity index (χ4v) is 4.16. The molecule has 0 fully saturated rings. The number of hydrogen-bond donors (Lipinski definition) is 2. The number of halogens is 1. The molecule has 0 aliphatic rings. The second-order valence-corrected chi connectivity index (χ2v) is 7.63. The minimum Gasteiger partial charge on any atom is -0.508 e. The number of rotatable bonds is 4. The minimum atomic E-state index is -0.286. The highest BCUT2D eigenvalue weighted by Gasteiger charge is 2.18. The molecular weight excluding hydrogens is 368 g/mol. The molecule has 1 aromatic carbocycles. The number of aromatic hydroxyl groups is 1. The van der Waals surface area contributed by atoms with Crippen LogP contribution in [0, 0.1) is 6.92 Å². The summed E-state index contributed by atoms with van der Waals surface area (Å²) in [6.07, 6.45) is 0. The van der Waals surface area contributed by atoms with Crippen molar-refractivity contribution in [3.8, 4) is 21.4 Å². The van der Waals surface area contributed by atoms with Gasteiger partial charge >= 0.3 is 0 Å². The number of carbonyl (C=O) groups is 1. The number of phenols is 1. The van der Waals surface area contributed by atoms with E-state index in [2.05, 4.69) is 10.3 Å². The highest BCUT2D eigenvalue weighted by molar-refractivity contribution is 7.24. The lowest BCUT2D eigenvalue weighted by Gasteiger charge is -2.07. The van der Waals surface area contributed by atoms with E-state index in [1.807, 2.05) is 6.07 Å². The zero-order valence-corrected chi connectivity index (χ0v) is 15.2. The Morgan fingerprint density at radius 1 is 1.29 bits per heavy atom. The third-order valence-electron chi connectivity index (χ3n) is 3.17. The molecule has 5 nitrogen and oxygen atoms in total. The van der Waals surface area contributed by atoms with E-state index in [1.165, 1.54) is 41.9 Å². The lowest BCUT2D eigenvalue weighted by atomic mass is 10.2. The number of methoxy groups -OCH3 is 1. The number of aromatic nitrogens is 1. The van der Waals surface area contributed by atoms with E-state index >= 15 is 0 Å². The number of nitrogens with zero attached hydrogens (tertiary/aromatic N) is 1. The standard InChI is InChI=1S/C16H13ClN2O3S2/c1-8-14(24-16(18-8)12-3-4-13(17)23-12)15(21)19-9-5-10(20)7-11(6-9)22-2/h3-7,20H,1-2H3,(H,19,21). The number of hydrogen-bond acceptors (Lipinski definition) is 6. The molecule has 3 rings (SSSR count). The molecule has 0 radical (unpaired) electrons. The van der Waals surface area contributed by atoms with Crippen molar-refractivity contribution >= 4 is 45.9 Å². The predicted molar refractivity (Wildman–Crippen MR) is 97.8 cm³/mol. The lowest BCUT2D eigenvalue weighted by molar-refractivity contribution is 0.103. The van der Waals surface area contributed by atoms with Gasteiger partial charge in [-0.3, -0.25) is 4.79 Å². The summed E-state index contributed by atoms with van der Waals surface area (Å²) in [7, 11) is 1.49. The molecule has 0 atom stereocenters. The van der Waals surface area contributed by atoms with Crippen LogP contribution in [0.3, 0.4) is 0 Å². The van der Waals surface area contributed by atoms with Gasteiger partial charge in [-0.15, -0.1) is 22.7 Å². The van der Waals surface area contributed by atoms with Crippen LogP contribution in [0.2, 0.25) is 4.34 Å². The van der Waals surface area contributed by atoms with Gasteiger partial charge in [-0.25, -0.2) is 4.98 Å². The first kappa shape index (κ1) is 16.8. The van der Waals surface area contributed by atoms with Crippen LogP contribution in [0.5, 0.6) is 11.5 Å². The van der Waals surface area contributed by atoms with Crippen molar-refractivity contribution in [2.24, 2.45) is 0 Å². The van der Waals surface area contributed by atoms with Gasteiger partial charge in [0.25, 0.3) is 5.91 Å². The summed E-state index contributed by atoms with van der Waals surface area (Å²) in [5.41, 5.74) is 1.09. The number of thiazole rings is 1. The van der Waals surface area contributed by atoms with Gasteiger partial charge in [0.1, 0.15) is 21.4 Å². The van der Waals surface area contributed by atoms with Gasteiger partial charge in [0.2, 0.25) is 0 Å². The predicted octanol–water partition coefficient (Wildman–Crippen LogP) is 4.80. The van der Waals surface area contributed by atoms with Crippen LogP contribution in [0.15, 0.2) is 30.3 Å². The second kappa shape index (κ2) is 6.80. The maximum atomic E-state index is 12.5. The molecule has 0 saturated heterocycles. The summed E-state index contributed by atoms with van der Waals surface area (Å²) in [4.78, 5) is 18.4. The average Bonchev–Trinajstić information content (AvgIpc) is 3.12. The van der Waals surface area contributed by atoms with Crippen molar-refractivity contribution in [1.82, 2.24) is 4.98 Å². The van der Waals surface area contributed by atoms with Crippen molar-refractivity contribution in [3.05, 3.63) is 45.2 Å². The van der Waals surface area contributed by atoms with Gasteiger partial charge in [0.05, 0.1) is 22.0 Å². The summed E-state index contributed by atoms with van der Waals surface area (Å²) in [5.74, 6) is 0.186. The molecule has 0 unspecified atom stereocenters. The van der Waals surface area contributed by atoms with Crippen LogP contribution in [-0.2, 0) is 0 Å². The van der Waals surface area contributed by atoms with Crippen molar-refractivity contribution < 1.29 is 14.6 Å². The van der Waals surface area contributed by atoms with Gasteiger partial charge in [-0.2, -0.15) is 0 Å². The number of ether oxygens (including phenoxy) is 1. The summed E-state index contributed by atoms with van der Waals surface area (Å²) in [5, 5.41) is 13.2. The number of amides is 1. The van der Waals surface area contributed by atoms with Crippen LogP contribution in [0.4, 0.5) is 5.69 Å². The van der Waals surface area contributed by atoms with E-state index in [-0.39, 0.29) is 11.7 Å². The smallest absolute Gasteiger partial charge is 0.267 e. The maximum absolute atomic E-state index is 12.5. The summed E-state index contributed by atoms with van der Waals surface area (Å²) >= 11 is 8.67. The molecule has 2 heterocycles. The van der Waals surface area contributed by atoms with E-state index in [0.717, 1.165) is 9.88 Å². The first-order valence-electron chi connectivity index (χ1n) is 6.89. The number of anilines is 1. The SMILES string of the molecule is COc1cc(O)cc(NC(=O)c2sc(-c3ccc(Cl)s3)nc2C)c1. The monoisotopic (exact) mass is 380 g/mol. The zero-order valence-electron chi connectivity index (χ0n) is 12.8. The zero-order chi connectivity index (χ0) is 17.3. The van der Waals surface area contributed by atoms with Crippen LogP contribution in [0.1, 0.15) is 15.4 Å². The molecule has 8 heteroatoms. The number of aryl methyl sites for hydroxylation is 1. The topological polar surface area (TPSA) is 71.5 Å². The number of phenolic OH excluding ortho intramolecular Hbond substituents is 1. The van der Waals surface area contributed by atoms with E-state index in [9.17, 15) is 9.90 Å². The molecule has 124 valence electrons. The van der Waals surface area contributed by atoms with Crippen molar-refractivity contribution in [3.63, 3.8) is 0 Å². The molecule has 24 heavy (non-hydrogen) atoms. The fourth-order valence-electron chi connectivity index (χ4n) is 2.10. The highest BCUT2D eigenvalue weighted by atomic mass is 35.5. The normalized spacial score (nSPS) is 10.6. The van der Waals surface area contributed by atoms with E-state index in [0.29, 0.717) is 26.3 Å². The summed E-state index contributed by atoms with van der Waals surface area (Å²) in [6.45, 7) is 1.78. The lowest BCUT2D eigenvalue weighted by Crippen LogP contribution is -2.11. The molecule has 0 bridgehead atoms. The van der Waals surface area contributed by atoms with Gasteiger partial charge in [-0.05, 0) is 19.1 Å². The molecule has 2 N–H and O–H groups in total. The Bertz CT molecular complexity index is 905. The first-order chi connectivity index (χ1) is 11.5. The van der Waals surface area contributed by atoms with Crippen LogP contribution >= 0.6 is 34.3 Å². The molecule has 0 spiro atoms. The Morgan fingerprint density at radius 2 is 2.08 bits per heavy atom. The Balaban J connectivity index is 1.85. The van der Waals surface area contributed by atoms with E-state index in [4.69, 9.17) is 16.3 Å². The van der Waals surface area contributed by atoms with Gasteiger partial charge in [0.15, 0.2) is 0 Å². The van der Waals surface area contributed by atoms with Crippen molar-refractivity contribution in [2.45, 2.75) is 6.92 Å². The quantitative estimate of drug-likeness (QED) is 0.682. The summed E-state index contributed by atoms with van der Waals surface area (Å²) in [6, 6.07) is 8.24. The van der Waals surface area contributed by atoms with Gasteiger partial charge in [0, 0.05) is 23.9 Å². The Morgan fingerprint density at radius 3 is 2.75 bits per heavy atom. The second-order valence-electron chi connectivity index (χ2n) is 4.91. The fraction of sp³-hybridized carbons (Fsp3) is 0.125. The minimum absolute atomic E-state index is 0.0135. The third-order valence-corrected chi connectivity index (χ3v) is 5.73. The molecule has 3 aromatic rings. The molecular formula is C16H13ClN2O3S2. The Hall–Kier alpha value is -2.09. The molecule has 1 amide bonds. The third kappa shape index (κ3) is 3.53. The number of thiophene rings is 1. The largest absolute Gasteiger partial charge is 0.508 e. The van der Waals surface area contributed by atoms with Crippen molar-refractivity contribution in [2.75, 3.05) is 12.4 Å². The van der Waals surface area contributed by atoms with Crippen LogP contribution < -0.4 is 10.1 Å². The van der Waals surface area contributed by atoms with Crippen molar-refractivity contribution in [1.29, 1.82) is 0 Å². The number of carbonyl (C=O) groups excluding carboxylic acids is 1. The van der Waals surface area contributed by atoms with Gasteiger partial charge < -0.3 is 15.2 Å². The van der Waals surface area contributed by atoms with E-state index in [1.54, 1.807) is 19.1 Å².